The summed E-state index contributed by atoms with van der Waals surface area (Å²) in [4.78, 5) is 30.3. The third kappa shape index (κ3) is 3.02. The third-order valence-electron chi connectivity index (χ3n) is 4.61. The molecule has 134 valence electrons. The molecule has 0 fully saturated rings. The molecule has 0 aliphatic carbocycles. The zero-order chi connectivity index (χ0) is 18.7. The van der Waals surface area contributed by atoms with E-state index in [1.807, 2.05) is 56.3 Å². The van der Waals surface area contributed by atoms with Crippen LogP contribution in [-0.4, -0.2) is 22.5 Å². The van der Waals surface area contributed by atoms with E-state index in [1.165, 1.54) is 0 Å². The van der Waals surface area contributed by atoms with Crippen LogP contribution in [0.5, 0.6) is 0 Å². The highest BCUT2D eigenvalue weighted by atomic mass is 16.3. The maximum Gasteiger partial charge on any atom is 0.264 e. The number of fused-ring (bicyclic) bond motifs is 1. The number of hydrogen-bond donors (Lipinski definition) is 2. The van der Waals surface area contributed by atoms with Crippen molar-refractivity contribution < 1.29 is 9.90 Å². The van der Waals surface area contributed by atoms with Crippen LogP contribution in [0.2, 0.25) is 0 Å². The van der Waals surface area contributed by atoms with Gasteiger partial charge in [-0.2, -0.15) is 0 Å². The minimum absolute atomic E-state index is 0.00611. The molecular weight excluding hydrogens is 328 g/mol. The Labute approximate surface area is 151 Å². The van der Waals surface area contributed by atoms with E-state index in [1.54, 1.807) is 11.0 Å². The molecule has 2 aromatic carbocycles. The number of H-pyrrole nitrogens is 1. The maximum atomic E-state index is 13.2. The van der Waals surface area contributed by atoms with Gasteiger partial charge in [0, 0.05) is 28.7 Å². The number of carbonyl (C=O) groups excluding carboxylic acids is 1. The van der Waals surface area contributed by atoms with Crippen LogP contribution in [-0.2, 0) is 13.0 Å². The molecule has 2 N–H and O–H groups in total. The Morgan fingerprint density at radius 3 is 2.42 bits per heavy atom. The standard InChI is InChI=1S/C21H22N2O3/c1-3-14-9-8-12-17-18(14)16(13-24)19(20(25)22-17)21(26)23(4-2)15-10-6-5-7-11-15/h5-12,24H,3-4,13H2,1-2H3,(H,22,25). The van der Waals surface area contributed by atoms with E-state index in [0.29, 0.717) is 23.3 Å². The van der Waals surface area contributed by atoms with Gasteiger partial charge in [0.05, 0.1) is 6.61 Å². The Hall–Kier alpha value is -2.92. The first-order chi connectivity index (χ1) is 12.6. The van der Waals surface area contributed by atoms with Crippen molar-refractivity contribution in [1.82, 2.24) is 4.98 Å². The van der Waals surface area contributed by atoms with Gasteiger partial charge in [0.15, 0.2) is 0 Å². The van der Waals surface area contributed by atoms with Gasteiger partial charge in [-0.15, -0.1) is 0 Å². The second-order valence-corrected chi connectivity index (χ2v) is 6.04. The molecule has 1 amide bonds. The van der Waals surface area contributed by atoms with Gasteiger partial charge >= 0.3 is 0 Å². The van der Waals surface area contributed by atoms with Crippen molar-refractivity contribution in [2.45, 2.75) is 26.9 Å². The topological polar surface area (TPSA) is 73.4 Å². The lowest BCUT2D eigenvalue weighted by atomic mass is 9.97. The van der Waals surface area contributed by atoms with Crippen molar-refractivity contribution in [3.8, 4) is 0 Å². The van der Waals surface area contributed by atoms with Gasteiger partial charge in [0.1, 0.15) is 5.56 Å². The lowest BCUT2D eigenvalue weighted by Crippen LogP contribution is -2.36. The van der Waals surface area contributed by atoms with Crippen LogP contribution in [0.15, 0.2) is 53.3 Å². The van der Waals surface area contributed by atoms with Crippen molar-refractivity contribution in [3.63, 3.8) is 0 Å². The zero-order valence-electron chi connectivity index (χ0n) is 15.0. The number of rotatable bonds is 5. The Morgan fingerprint density at radius 2 is 1.81 bits per heavy atom. The number of hydrogen-bond acceptors (Lipinski definition) is 3. The molecular formula is C21H22N2O3. The van der Waals surface area contributed by atoms with E-state index in [4.69, 9.17) is 0 Å². The number of aliphatic hydroxyl groups excluding tert-OH is 1. The van der Waals surface area contributed by atoms with Crippen LogP contribution in [0, 0.1) is 0 Å². The molecule has 5 nitrogen and oxygen atoms in total. The number of pyridine rings is 1. The normalized spacial score (nSPS) is 10.9. The van der Waals surface area contributed by atoms with Gasteiger partial charge in [-0.3, -0.25) is 9.59 Å². The fraction of sp³-hybridized carbons (Fsp3) is 0.238. The van der Waals surface area contributed by atoms with Gasteiger partial charge in [0.2, 0.25) is 0 Å². The summed E-state index contributed by atoms with van der Waals surface area (Å²) < 4.78 is 0. The third-order valence-corrected chi connectivity index (χ3v) is 4.61. The van der Waals surface area contributed by atoms with E-state index in [-0.39, 0.29) is 12.2 Å². The minimum Gasteiger partial charge on any atom is -0.392 e. The molecule has 0 saturated heterocycles. The molecule has 0 bridgehead atoms. The molecule has 0 aliphatic rings. The van der Waals surface area contributed by atoms with Gasteiger partial charge in [-0.25, -0.2) is 0 Å². The van der Waals surface area contributed by atoms with Gasteiger partial charge < -0.3 is 15.0 Å². The number of benzene rings is 2. The molecule has 3 rings (SSSR count). The molecule has 0 radical (unpaired) electrons. The number of aromatic amines is 1. The SMILES string of the molecule is CCc1cccc2[nH]c(=O)c(C(=O)N(CC)c3ccccc3)c(CO)c12. The fourth-order valence-electron chi connectivity index (χ4n) is 3.37. The number of aryl methyl sites for hydroxylation is 1. The molecule has 1 aromatic heterocycles. The highest BCUT2D eigenvalue weighted by Gasteiger charge is 2.25. The lowest BCUT2D eigenvalue weighted by Gasteiger charge is -2.22. The molecule has 0 spiro atoms. The number of nitrogens with one attached hydrogen (secondary N) is 1. The highest BCUT2D eigenvalue weighted by Crippen LogP contribution is 2.25. The second-order valence-electron chi connectivity index (χ2n) is 6.04. The number of carbonyl (C=O) groups is 1. The molecule has 0 unspecified atom stereocenters. The fourth-order valence-corrected chi connectivity index (χ4v) is 3.37. The van der Waals surface area contributed by atoms with Crippen LogP contribution in [0.1, 0.15) is 35.3 Å². The predicted octanol–water partition coefficient (Wildman–Crippen LogP) is 3.25. The molecule has 0 atom stereocenters. The van der Waals surface area contributed by atoms with E-state index in [9.17, 15) is 14.7 Å². The molecule has 0 aliphatic heterocycles. The number of aliphatic hydroxyl groups is 1. The number of amides is 1. The van der Waals surface area contributed by atoms with Crippen molar-refractivity contribution in [1.29, 1.82) is 0 Å². The monoisotopic (exact) mass is 350 g/mol. The summed E-state index contributed by atoms with van der Waals surface area (Å²) in [6, 6.07) is 14.8. The Balaban J connectivity index is 2.25. The largest absolute Gasteiger partial charge is 0.392 e. The van der Waals surface area contributed by atoms with E-state index in [0.717, 1.165) is 17.4 Å². The van der Waals surface area contributed by atoms with Crippen LogP contribution >= 0.6 is 0 Å². The van der Waals surface area contributed by atoms with Gasteiger partial charge in [0.25, 0.3) is 11.5 Å². The van der Waals surface area contributed by atoms with Crippen molar-refractivity contribution >= 4 is 22.5 Å². The summed E-state index contributed by atoms with van der Waals surface area (Å²) in [6.45, 7) is 3.91. The summed E-state index contributed by atoms with van der Waals surface area (Å²) in [6.07, 6.45) is 0.736. The van der Waals surface area contributed by atoms with Crippen molar-refractivity contribution in [2.24, 2.45) is 0 Å². The van der Waals surface area contributed by atoms with E-state index in [2.05, 4.69) is 4.98 Å². The summed E-state index contributed by atoms with van der Waals surface area (Å²) in [5, 5.41) is 10.8. The molecule has 5 heteroatoms. The molecule has 1 heterocycles. The molecule has 0 saturated carbocycles. The Kier molecular flexibility index (Phi) is 5.19. The average molecular weight is 350 g/mol. The highest BCUT2D eigenvalue weighted by molar-refractivity contribution is 6.09. The average Bonchev–Trinajstić information content (AvgIpc) is 2.67. The lowest BCUT2D eigenvalue weighted by molar-refractivity contribution is 0.0984. The number of para-hydroxylation sites is 1. The number of nitrogens with zero attached hydrogens (tertiary/aromatic N) is 1. The van der Waals surface area contributed by atoms with Crippen LogP contribution in [0.25, 0.3) is 10.9 Å². The Bertz CT molecular complexity index is 993. The predicted molar refractivity (Wildman–Crippen MR) is 104 cm³/mol. The van der Waals surface area contributed by atoms with Crippen LogP contribution < -0.4 is 10.5 Å². The summed E-state index contributed by atoms with van der Waals surface area (Å²) in [7, 11) is 0. The summed E-state index contributed by atoms with van der Waals surface area (Å²) in [5.74, 6) is -0.406. The number of anilines is 1. The van der Waals surface area contributed by atoms with E-state index < -0.39 is 11.5 Å². The van der Waals surface area contributed by atoms with Crippen molar-refractivity contribution in [3.05, 3.63) is 75.6 Å². The molecule has 26 heavy (non-hydrogen) atoms. The van der Waals surface area contributed by atoms with E-state index >= 15 is 0 Å². The first-order valence-electron chi connectivity index (χ1n) is 8.76. The Morgan fingerprint density at radius 1 is 1.08 bits per heavy atom. The number of aromatic nitrogens is 1. The van der Waals surface area contributed by atoms with Crippen LogP contribution in [0.4, 0.5) is 5.69 Å². The first kappa shape index (κ1) is 17.9. The van der Waals surface area contributed by atoms with Gasteiger partial charge in [-0.05, 0) is 37.1 Å². The smallest absolute Gasteiger partial charge is 0.264 e. The quantitative estimate of drug-likeness (QED) is 0.742. The maximum absolute atomic E-state index is 13.2. The second kappa shape index (κ2) is 7.54. The first-order valence-corrected chi connectivity index (χ1v) is 8.76. The van der Waals surface area contributed by atoms with Crippen LogP contribution in [0.3, 0.4) is 0 Å². The molecule has 3 aromatic rings. The van der Waals surface area contributed by atoms with Gasteiger partial charge in [-0.1, -0.05) is 37.3 Å². The summed E-state index contributed by atoms with van der Waals surface area (Å²) in [5.41, 5.74) is 2.26. The van der Waals surface area contributed by atoms with Crippen molar-refractivity contribution in [2.75, 3.05) is 11.4 Å². The zero-order valence-corrected chi connectivity index (χ0v) is 15.0. The minimum atomic E-state index is -0.478. The summed E-state index contributed by atoms with van der Waals surface area (Å²) >= 11 is 0.